The zero-order valence-electron chi connectivity index (χ0n) is 16.1. The Morgan fingerprint density at radius 1 is 0.679 bits per heavy atom. The molecule has 0 saturated carbocycles. The highest BCUT2D eigenvalue weighted by molar-refractivity contribution is 5.91. The molecule has 0 spiro atoms. The topological polar surface area (TPSA) is 154 Å². The Hall–Kier alpha value is -3.17. The standard InChI is InChI=1S/C18H24O10/c1-17(2,9-26-14(23)7-5-12(19)20)10-28-16(25)18(3,4)11-27-15(24)8-6-13(21)22/h5-8H,9-11H2,1-4H3,(H,19,20)(H,21,22)/b7-5-,8-6?. The molecule has 0 saturated heterocycles. The molecule has 10 heteroatoms. The number of hydrogen-bond acceptors (Lipinski definition) is 8. The van der Waals surface area contributed by atoms with Crippen molar-refractivity contribution < 1.29 is 48.4 Å². The Kier molecular flexibility index (Phi) is 9.62. The molecule has 0 bridgehead atoms. The summed E-state index contributed by atoms with van der Waals surface area (Å²) in [6.45, 7) is 5.72. The number of esters is 3. The van der Waals surface area contributed by atoms with Crippen molar-refractivity contribution in [1.82, 2.24) is 0 Å². The van der Waals surface area contributed by atoms with Gasteiger partial charge in [-0.25, -0.2) is 19.2 Å². The highest BCUT2D eigenvalue weighted by Gasteiger charge is 2.33. The summed E-state index contributed by atoms with van der Waals surface area (Å²) >= 11 is 0. The lowest BCUT2D eigenvalue weighted by molar-refractivity contribution is -0.164. The highest BCUT2D eigenvalue weighted by Crippen LogP contribution is 2.22. The summed E-state index contributed by atoms with van der Waals surface area (Å²) in [6, 6.07) is 0. The van der Waals surface area contributed by atoms with Gasteiger partial charge in [0.15, 0.2) is 0 Å². The van der Waals surface area contributed by atoms with E-state index in [1.54, 1.807) is 13.8 Å². The van der Waals surface area contributed by atoms with Gasteiger partial charge < -0.3 is 24.4 Å². The molecule has 0 unspecified atom stereocenters. The van der Waals surface area contributed by atoms with Gasteiger partial charge in [-0.3, -0.25) is 4.79 Å². The SMILES string of the molecule is CC(C)(COC(=O)/C=C\C(=O)O)COC(=O)C(C)(C)COC(=O)C=CC(=O)O. The first-order valence-electron chi connectivity index (χ1n) is 8.08. The fraction of sp³-hybridized carbons (Fsp3) is 0.500. The molecule has 0 amide bonds. The van der Waals surface area contributed by atoms with E-state index in [9.17, 15) is 24.0 Å². The van der Waals surface area contributed by atoms with Gasteiger partial charge in [-0.1, -0.05) is 13.8 Å². The van der Waals surface area contributed by atoms with Crippen LogP contribution in [-0.4, -0.2) is 59.9 Å². The van der Waals surface area contributed by atoms with Crippen molar-refractivity contribution >= 4 is 29.8 Å². The van der Waals surface area contributed by atoms with Gasteiger partial charge in [0.25, 0.3) is 0 Å². The average molecular weight is 400 g/mol. The molecule has 0 aromatic rings. The molecular formula is C18H24O10. The van der Waals surface area contributed by atoms with Gasteiger partial charge in [-0.05, 0) is 13.8 Å². The maximum absolute atomic E-state index is 12.2. The van der Waals surface area contributed by atoms with Crippen LogP contribution in [0.2, 0.25) is 0 Å². The van der Waals surface area contributed by atoms with Gasteiger partial charge in [0, 0.05) is 29.7 Å². The molecule has 0 aliphatic carbocycles. The first-order chi connectivity index (χ1) is 12.7. The predicted octanol–water partition coefficient (Wildman–Crippen LogP) is 0.950. The second-order valence-electron chi connectivity index (χ2n) is 7.18. The van der Waals surface area contributed by atoms with Crippen LogP contribution in [0.1, 0.15) is 27.7 Å². The summed E-state index contributed by atoms with van der Waals surface area (Å²) in [4.78, 5) is 55.6. The molecule has 0 aromatic heterocycles. The van der Waals surface area contributed by atoms with Crippen molar-refractivity contribution in [3.05, 3.63) is 24.3 Å². The minimum atomic E-state index is -1.31. The molecular weight excluding hydrogens is 376 g/mol. The van der Waals surface area contributed by atoms with Gasteiger partial charge in [0.05, 0.1) is 18.6 Å². The first-order valence-corrected chi connectivity index (χ1v) is 8.08. The van der Waals surface area contributed by atoms with E-state index in [1.165, 1.54) is 13.8 Å². The van der Waals surface area contributed by atoms with Crippen LogP contribution in [0.4, 0.5) is 0 Å². The molecule has 10 nitrogen and oxygen atoms in total. The molecule has 0 atom stereocenters. The highest BCUT2D eigenvalue weighted by atomic mass is 16.6. The van der Waals surface area contributed by atoms with Gasteiger partial charge in [0.2, 0.25) is 0 Å². The summed E-state index contributed by atoms with van der Waals surface area (Å²) in [7, 11) is 0. The Morgan fingerprint density at radius 3 is 1.50 bits per heavy atom. The molecule has 0 radical (unpaired) electrons. The zero-order chi connectivity index (χ0) is 22.0. The Morgan fingerprint density at radius 2 is 1.07 bits per heavy atom. The van der Waals surface area contributed by atoms with E-state index < -0.39 is 40.7 Å². The second kappa shape index (κ2) is 10.9. The molecule has 0 heterocycles. The average Bonchev–Trinajstić information content (AvgIpc) is 2.59. The minimum Gasteiger partial charge on any atom is -0.478 e. The number of carbonyl (C=O) groups is 5. The molecule has 0 fully saturated rings. The second-order valence-corrected chi connectivity index (χ2v) is 7.18. The molecule has 156 valence electrons. The molecule has 0 aromatic carbocycles. The van der Waals surface area contributed by atoms with Gasteiger partial charge in [-0.2, -0.15) is 0 Å². The van der Waals surface area contributed by atoms with Crippen LogP contribution >= 0.6 is 0 Å². The summed E-state index contributed by atoms with van der Waals surface area (Å²) in [5, 5.41) is 16.9. The fourth-order valence-corrected chi connectivity index (χ4v) is 1.45. The maximum atomic E-state index is 12.2. The van der Waals surface area contributed by atoms with E-state index in [4.69, 9.17) is 24.4 Å². The van der Waals surface area contributed by atoms with Gasteiger partial charge >= 0.3 is 29.8 Å². The molecule has 0 aliphatic rings. The Bertz CT molecular complexity index is 670. The number of ether oxygens (including phenoxy) is 3. The third-order valence-electron chi connectivity index (χ3n) is 3.05. The fourth-order valence-electron chi connectivity index (χ4n) is 1.45. The molecule has 2 N–H and O–H groups in total. The first kappa shape index (κ1) is 24.8. The number of carboxylic acids is 2. The summed E-state index contributed by atoms with van der Waals surface area (Å²) in [5.74, 6) is -5.02. The van der Waals surface area contributed by atoms with Crippen LogP contribution in [0.15, 0.2) is 24.3 Å². The lowest BCUT2D eigenvalue weighted by Crippen LogP contribution is -2.36. The molecule has 0 rings (SSSR count). The Labute approximate surface area is 161 Å². The zero-order valence-corrected chi connectivity index (χ0v) is 16.1. The smallest absolute Gasteiger partial charge is 0.331 e. The van der Waals surface area contributed by atoms with E-state index in [2.05, 4.69) is 0 Å². The van der Waals surface area contributed by atoms with Crippen molar-refractivity contribution in [2.24, 2.45) is 10.8 Å². The van der Waals surface area contributed by atoms with Crippen molar-refractivity contribution in [2.45, 2.75) is 27.7 Å². The lowest BCUT2D eigenvalue weighted by atomic mass is 9.93. The van der Waals surface area contributed by atoms with E-state index in [1.807, 2.05) is 0 Å². The number of carboxylic acid groups (broad SMARTS) is 2. The van der Waals surface area contributed by atoms with E-state index in [-0.39, 0.29) is 19.8 Å². The molecule has 0 aliphatic heterocycles. The number of hydrogen-bond donors (Lipinski definition) is 2. The third-order valence-corrected chi connectivity index (χ3v) is 3.05. The van der Waals surface area contributed by atoms with Gasteiger partial charge in [-0.15, -0.1) is 0 Å². The van der Waals surface area contributed by atoms with Gasteiger partial charge in [0.1, 0.15) is 6.61 Å². The van der Waals surface area contributed by atoms with Crippen molar-refractivity contribution in [3.63, 3.8) is 0 Å². The van der Waals surface area contributed by atoms with Crippen molar-refractivity contribution in [3.8, 4) is 0 Å². The summed E-state index contributed by atoms with van der Waals surface area (Å²) in [6.07, 6.45) is 2.74. The maximum Gasteiger partial charge on any atom is 0.331 e. The van der Waals surface area contributed by atoms with E-state index >= 15 is 0 Å². The van der Waals surface area contributed by atoms with Crippen LogP contribution in [0.5, 0.6) is 0 Å². The quantitative estimate of drug-likeness (QED) is 0.291. The number of carbonyl (C=O) groups excluding carboxylic acids is 3. The van der Waals surface area contributed by atoms with Crippen LogP contribution in [0.3, 0.4) is 0 Å². The third kappa shape index (κ3) is 11.4. The number of rotatable bonds is 11. The van der Waals surface area contributed by atoms with Crippen LogP contribution < -0.4 is 0 Å². The number of aliphatic carboxylic acids is 2. The van der Waals surface area contributed by atoms with E-state index in [0.29, 0.717) is 12.2 Å². The largest absolute Gasteiger partial charge is 0.478 e. The Balaban J connectivity index is 4.50. The van der Waals surface area contributed by atoms with E-state index in [0.717, 1.165) is 12.2 Å². The predicted molar refractivity (Wildman–Crippen MR) is 94.0 cm³/mol. The van der Waals surface area contributed by atoms with Crippen LogP contribution in [-0.2, 0) is 38.2 Å². The monoisotopic (exact) mass is 400 g/mol. The van der Waals surface area contributed by atoms with Crippen LogP contribution in [0, 0.1) is 10.8 Å². The van der Waals surface area contributed by atoms with Crippen molar-refractivity contribution in [1.29, 1.82) is 0 Å². The lowest BCUT2D eigenvalue weighted by Gasteiger charge is -2.27. The van der Waals surface area contributed by atoms with Crippen LogP contribution in [0.25, 0.3) is 0 Å². The summed E-state index contributed by atoms with van der Waals surface area (Å²) in [5.41, 5.74) is -1.94. The summed E-state index contributed by atoms with van der Waals surface area (Å²) < 4.78 is 14.9. The minimum absolute atomic E-state index is 0.113. The normalized spacial score (nSPS) is 12.0. The van der Waals surface area contributed by atoms with Crippen molar-refractivity contribution in [2.75, 3.05) is 19.8 Å². The molecule has 28 heavy (non-hydrogen) atoms.